The van der Waals surface area contributed by atoms with E-state index in [2.05, 4.69) is 27.8 Å². The summed E-state index contributed by atoms with van der Waals surface area (Å²) in [7, 11) is 0. The van der Waals surface area contributed by atoms with Crippen molar-refractivity contribution in [3.63, 3.8) is 0 Å². The van der Waals surface area contributed by atoms with Gasteiger partial charge in [-0.2, -0.15) is 0 Å². The molecule has 1 aliphatic heterocycles. The van der Waals surface area contributed by atoms with Gasteiger partial charge in [-0.3, -0.25) is 4.79 Å². The molecule has 1 saturated carbocycles. The van der Waals surface area contributed by atoms with Crippen LogP contribution in [0.4, 0.5) is 16.2 Å². The van der Waals surface area contributed by atoms with Crippen LogP contribution in [-0.4, -0.2) is 37.6 Å². The van der Waals surface area contributed by atoms with Crippen LogP contribution in [-0.2, 0) is 0 Å². The minimum absolute atomic E-state index is 0.0457. The highest BCUT2D eigenvalue weighted by Gasteiger charge is 2.27. The molecule has 6 nitrogen and oxygen atoms in total. The number of piperidine rings is 1. The number of hydrogen-bond donors (Lipinski definition) is 3. The predicted octanol–water partition coefficient (Wildman–Crippen LogP) is 2.96. The van der Waals surface area contributed by atoms with Gasteiger partial charge in [0.2, 0.25) is 0 Å². The lowest BCUT2D eigenvalue weighted by molar-refractivity contribution is 0.0951. The Hall–Kier alpha value is -2.24. The predicted molar refractivity (Wildman–Crippen MR) is 100 cm³/mol. The number of rotatable bonds is 5. The van der Waals surface area contributed by atoms with Gasteiger partial charge in [0, 0.05) is 37.1 Å². The first-order valence-corrected chi connectivity index (χ1v) is 9.31. The van der Waals surface area contributed by atoms with Gasteiger partial charge in [-0.05, 0) is 56.7 Å². The minimum Gasteiger partial charge on any atom is -0.371 e. The Kier molecular flexibility index (Phi) is 5.46. The van der Waals surface area contributed by atoms with Crippen molar-refractivity contribution >= 4 is 23.3 Å². The second kappa shape index (κ2) is 7.76. The lowest BCUT2D eigenvalue weighted by atomic mass is 9.98. The number of nitrogens with zero attached hydrogens (tertiary/aromatic N) is 1. The van der Waals surface area contributed by atoms with Gasteiger partial charge < -0.3 is 20.9 Å². The molecule has 25 heavy (non-hydrogen) atoms. The molecule has 2 fully saturated rings. The molecule has 136 valence electrons. The van der Waals surface area contributed by atoms with Crippen molar-refractivity contribution in [3.8, 4) is 0 Å². The molecule has 1 aromatic rings. The molecule has 0 aromatic heterocycles. The summed E-state index contributed by atoms with van der Waals surface area (Å²) in [6.07, 6.45) is 4.39. The Balaban J connectivity index is 1.82. The number of hydrogen-bond acceptors (Lipinski definition) is 3. The molecule has 0 bridgehead atoms. The molecular weight excluding hydrogens is 316 g/mol. The molecule has 0 spiro atoms. The Morgan fingerprint density at radius 1 is 1.16 bits per heavy atom. The maximum Gasteiger partial charge on any atom is 0.319 e. The zero-order valence-corrected chi connectivity index (χ0v) is 15.1. The molecule has 0 atom stereocenters. The van der Waals surface area contributed by atoms with Crippen molar-refractivity contribution in [2.75, 3.05) is 29.9 Å². The lowest BCUT2D eigenvalue weighted by Crippen LogP contribution is -2.35. The third-order valence-corrected chi connectivity index (χ3v) is 4.87. The fourth-order valence-electron chi connectivity index (χ4n) is 3.15. The van der Waals surface area contributed by atoms with E-state index in [-0.39, 0.29) is 11.9 Å². The van der Waals surface area contributed by atoms with E-state index < -0.39 is 0 Å². The van der Waals surface area contributed by atoms with Gasteiger partial charge in [0.1, 0.15) is 0 Å². The van der Waals surface area contributed by atoms with E-state index in [1.807, 2.05) is 19.1 Å². The number of amides is 3. The van der Waals surface area contributed by atoms with Gasteiger partial charge in [-0.1, -0.05) is 6.92 Å². The van der Waals surface area contributed by atoms with Crippen molar-refractivity contribution in [2.24, 2.45) is 5.92 Å². The van der Waals surface area contributed by atoms with Crippen molar-refractivity contribution in [1.29, 1.82) is 0 Å². The van der Waals surface area contributed by atoms with E-state index in [0.29, 0.717) is 23.8 Å². The summed E-state index contributed by atoms with van der Waals surface area (Å²) in [4.78, 5) is 26.8. The van der Waals surface area contributed by atoms with Crippen LogP contribution in [0, 0.1) is 5.92 Å². The van der Waals surface area contributed by atoms with Crippen LogP contribution < -0.4 is 20.9 Å². The van der Waals surface area contributed by atoms with E-state index in [0.717, 1.165) is 50.4 Å². The Labute approximate surface area is 149 Å². The smallest absolute Gasteiger partial charge is 0.319 e. The number of carbonyl (C=O) groups excluding carboxylic acids is 2. The van der Waals surface area contributed by atoms with Crippen molar-refractivity contribution in [2.45, 2.75) is 45.6 Å². The third-order valence-electron chi connectivity index (χ3n) is 4.87. The maximum atomic E-state index is 12.7. The zero-order valence-electron chi connectivity index (χ0n) is 15.1. The van der Waals surface area contributed by atoms with Crippen LogP contribution in [0.5, 0.6) is 0 Å². The molecule has 1 aromatic carbocycles. The maximum absolute atomic E-state index is 12.7. The number of nitrogens with one attached hydrogen (secondary N) is 3. The quantitative estimate of drug-likeness (QED) is 0.769. The van der Waals surface area contributed by atoms with E-state index in [9.17, 15) is 9.59 Å². The summed E-state index contributed by atoms with van der Waals surface area (Å²) in [5, 5.41) is 8.57. The average Bonchev–Trinajstić information content (AvgIpc) is 3.40. The van der Waals surface area contributed by atoms with Crippen molar-refractivity contribution in [1.82, 2.24) is 10.6 Å². The van der Waals surface area contributed by atoms with E-state index in [4.69, 9.17) is 0 Å². The largest absolute Gasteiger partial charge is 0.371 e. The molecule has 1 heterocycles. The van der Waals surface area contributed by atoms with Crippen LogP contribution in [0.2, 0.25) is 0 Å². The number of carbonyl (C=O) groups is 2. The number of anilines is 2. The van der Waals surface area contributed by atoms with Gasteiger partial charge >= 0.3 is 6.03 Å². The standard InChI is InChI=1S/C19H28N4O2/c1-3-20-19(25)22-15-6-7-17(23-10-8-13(2)9-11-23)16(12-15)18(24)21-14-4-5-14/h6-7,12-14H,3-5,8-11H2,1-2H3,(H,21,24)(H2,20,22,25). The summed E-state index contributed by atoms with van der Waals surface area (Å²) >= 11 is 0. The second-order valence-corrected chi connectivity index (χ2v) is 7.13. The van der Waals surface area contributed by atoms with Crippen molar-refractivity contribution in [3.05, 3.63) is 23.8 Å². The molecule has 3 N–H and O–H groups in total. The fourth-order valence-corrected chi connectivity index (χ4v) is 3.15. The molecule has 3 amide bonds. The molecule has 2 aliphatic rings. The summed E-state index contributed by atoms with van der Waals surface area (Å²) < 4.78 is 0. The number of benzene rings is 1. The first-order chi connectivity index (χ1) is 12.1. The summed E-state index contributed by atoms with van der Waals surface area (Å²) in [5.74, 6) is 0.689. The Morgan fingerprint density at radius 2 is 1.88 bits per heavy atom. The summed E-state index contributed by atoms with van der Waals surface area (Å²) in [5.41, 5.74) is 2.25. The summed E-state index contributed by atoms with van der Waals surface area (Å²) in [6.45, 7) is 6.64. The van der Waals surface area contributed by atoms with E-state index >= 15 is 0 Å². The van der Waals surface area contributed by atoms with Gasteiger partial charge in [0.05, 0.1) is 5.56 Å². The fraction of sp³-hybridized carbons (Fsp3) is 0.579. The first kappa shape index (κ1) is 17.6. The third kappa shape index (κ3) is 4.65. The highest BCUT2D eigenvalue weighted by atomic mass is 16.2. The van der Waals surface area contributed by atoms with Crippen LogP contribution in [0.3, 0.4) is 0 Å². The van der Waals surface area contributed by atoms with Gasteiger partial charge in [-0.15, -0.1) is 0 Å². The number of urea groups is 1. The normalized spacial score (nSPS) is 17.9. The van der Waals surface area contributed by atoms with Crippen LogP contribution in [0.1, 0.15) is 49.9 Å². The monoisotopic (exact) mass is 344 g/mol. The molecule has 6 heteroatoms. The second-order valence-electron chi connectivity index (χ2n) is 7.13. The molecular formula is C19H28N4O2. The van der Waals surface area contributed by atoms with Crippen LogP contribution >= 0.6 is 0 Å². The van der Waals surface area contributed by atoms with Gasteiger partial charge in [-0.25, -0.2) is 4.79 Å². The van der Waals surface area contributed by atoms with Crippen LogP contribution in [0.25, 0.3) is 0 Å². The molecule has 0 radical (unpaired) electrons. The van der Waals surface area contributed by atoms with Crippen molar-refractivity contribution < 1.29 is 9.59 Å². The Morgan fingerprint density at radius 3 is 2.52 bits per heavy atom. The topological polar surface area (TPSA) is 73.5 Å². The van der Waals surface area contributed by atoms with Crippen LogP contribution in [0.15, 0.2) is 18.2 Å². The van der Waals surface area contributed by atoms with E-state index in [1.165, 1.54) is 0 Å². The van der Waals surface area contributed by atoms with Gasteiger partial charge in [0.25, 0.3) is 5.91 Å². The first-order valence-electron chi connectivity index (χ1n) is 9.31. The average molecular weight is 344 g/mol. The summed E-state index contributed by atoms with van der Waals surface area (Å²) in [6, 6.07) is 5.67. The van der Waals surface area contributed by atoms with Gasteiger partial charge in [0.15, 0.2) is 0 Å². The van der Waals surface area contributed by atoms with E-state index in [1.54, 1.807) is 6.07 Å². The lowest BCUT2D eigenvalue weighted by Gasteiger charge is -2.33. The molecule has 1 saturated heterocycles. The SMILES string of the molecule is CCNC(=O)Nc1ccc(N2CCC(C)CC2)c(C(=O)NC2CC2)c1. The zero-order chi connectivity index (χ0) is 17.8. The molecule has 1 aliphatic carbocycles. The molecule has 0 unspecified atom stereocenters. The Bertz CT molecular complexity index is 634. The molecule has 3 rings (SSSR count). The highest BCUT2D eigenvalue weighted by Crippen LogP contribution is 2.29. The highest BCUT2D eigenvalue weighted by molar-refractivity contribution is 6.02. The minimum atomic E-state index is -0.254.